The van der Waals surface area contributed by atoms with E-state index in [1.165, 1.54) is 32.3 Å². The van der Waals surface area contributed by atoms with Crippen LogP contribution in [0, 0.1) is 12.7 Å². The van der Waals surface area contributed by atoms with Crippen molar-refractivity contribution >= 4 is 21.6 Å². The van der Waals surface area contributed by atoms with E-state index in [-0.39, 0.29) is 17.3 Å². The zero-order chi connectivity index (χ0) is 22.6. The Morgan fingerprint density at radius 1 is 1.03 bits per heavy atom. The van der Waals surface area contributed by atoms with Crippen LogP contribution in [0.25, 0.3) is 0 Å². The fourth-order valence-electron chi connectivity index (χ4n) is 2.87. The van der Waals surface area contributed by atoms with Gasteiger partial charge in [0.2, 0.25) is 10.0 Å². The van der Waals surface area contributed by atoms with Gasteiger partial charge in [0, 0.05) is 19.8 Å². The Bertz CT molecular complexity index is 1190. The average molecular weight is 443 g/mol. The zero-order valence-corrected chi connectivity index (χ0v) is 18.2. The molecule has 0 aliphatic carbocycles. The monoisotopic (exact) mass is 442 g/mol. The van der Waals surface area contributed by atoms with Gasteiger partial charge in [0.05, 0.1) is 10.5 Å². The predicted molar refractivity (Wildman–Crippen MR) is 117 cm³/mol. The molecule has 0 radical (unpaired) electrons. The van der Waals surface area contributed by atoms with E-state index < -0.39 is 15.9 Å². The molecule has 1 amide bonds. The maximum Gasteiger partial charge on any atom is 0.259 e. The van der Waals surface area contributed by atoms with E-state index in [1.807, 2.05) is 0 Å². The minimum atomic E-state index is -3.65. The highest BCUT2D eigenvalue weighted by Crippen LogP contribution is 2.25. The molecular weight excluding hydrogens is 419 g/mol. The Morgan fingerprint density at radius 3 is 2.39 bits per heavy atom. The molecule has 0 unspecified atom stereocenters. The third-order valence-corrected chi connectivity index (χ3v) is 6.60. The molecule has 0 aliphatic rings. The van der Waals surface area contributed by atoms with Gasteiger partial charge in [0.15, 0.2) is 0 Å². The summed E-state index contributed by atoms with van der Waals surface area (Å²) in [6, 6.07) is 17.3. The number of para-hydroxylation sites is 1. The van der Waals surface area contributed by atoms with E-state index in [9.17, 15) is 17.6 Å². The summed E-state index contributed by atoms with van der Waals surface area (Å²) in [4.78, 5) is 13.0. The highest BCUT2D eigenvalue weighted by Gasteiger charge is 2.21. The van der Waals surface area contributed by atoms with Gasteiger partial charge in [-0.3, -0.25) is 4.79 Å². The van der Waals surface area contributed by atoms with Gasteiger partial charge in [-0.25, -0.2) is 17.1 Å². The number of nitrogens with zero attached hydrogens (tertiary/aromatic N) is 1. The molecule has 8 heteroatoms. The van der Waals surface area contributed by atoms with Gasteiger partial charge < -0.3 is 10.1 Å². The molecule has 3 rings (SSSR count). The maximum atomic E-state index is 13.1. The lowest BCUT2D eigenvalue weighted by atomic mass is 10.1. The molecule has 0 heterocycles. The number of nitrogens with one attached hydrogen (secondary N) is 1. The number of aryl methyl sites for hydroxylation is 1. The van der Waals surface area contributed by atoms with E-state index in [4.69, 9.17) is 4.74 Å². The summed E-state index contributed by atoms with van der Waals surface area (Å²) in [5, 5.41) is 2.73. The van der Waals surface area contributed by atoms with Gasteiger partial charge in [-0.15, -0.1) is 0 Å². The minimum Gasteiger partial charge on any atom is -0.488 e. The lowest BCUT2D eigenvalue weighted by molar-refractivity contribution is 0.102. The van der Waals surface area contributed by atoms with Crippen molar-refractivity contribution in [3.63, 3.8) is 0 Å². The van der Waals surface area contributed by atoms with Gasteiger partial charge in [-0.2, -0.15) is 0 Å². The van der Waals surface area contributed by atoms with Gasteiger partial charge in [-0.05, 0) is 54.4 Å². The molecular formula is C23H23FN2O4S. The van der Waals surface area contributed by atoms with Crippen molar-refractivity contribution in [3.8, 4) is 5.75 Å². The third-order valence-electron chi connectivity index (χ3n) is 4.64. The summed E-state index contributed by atoms with van der Waals surface area (Å²) in [5.41, 5.74) is 1.98. The first-order valence-corrected chi connectivity index (χ1v) is 10.9. The summed E-state index contributed by atoms with van der Waals surface area (Å²) >= 11 is 0. The van der Waals surface area contributed by atoms with Crippen molar-refractivity contribution in [1.82, 2.24) is 4.31 Å². The van der Waals surface area contributed by atoms with Gasteiger partial charge in [-0.1, -0.05) is 30.3 Å². The van der Waals surface area contributed by atoms with E-state index in [1.54, 1.807) is 55.5 Å². The fourth-order valence-corrected chi connectivity index (χ4v) is 4.02. The predicted octanol–water partition coefficient (Wildman–Crippen LogP) is 4.22. The van der Waals surface area contributed by atoms with Gasteiger partial charge >= 0.3 is 0 Å². The number of benzene rings is 3. The summed E-state index contributed by atoms with van der Waals surface area (Å²) in [6.07, 6.45) is 0. The lowest BCUT2D eigenvalue weighted by Gasteiger charge is -2.16. The number of ether oxygens (including phenoxy) is 1. The number of rotatable bonds is 7. The summed E-state index contributed by atoms with van der Waals surface area (Å²) in [6.45, 7) is 1.86. The molecule has 3 aromatic rings. The quantitative estimate of drug-likeness (QED) is 0.595. The molecule has 162 valence electrons. The molecule has 0 saturated carbocycles. The smallest absolute Gasteiger partial charge is 0.259 e. The number of carbonyl (C=O) groups is 1. The molecule has 0 bridgehead atoms. The van der Waals surface area contributed by atoms with Crippen LogP contribution in [0.2, 0.25) is 0 Å². The molecule has 0 fully saturated rings. The Kier molecular flexibility index (Phi) is 6.72. The highest BCUT2D eigenvalue weighted by molar-refractivity contribution is 7.89. The molecule has 0 aliphatic heterocycles. The molecule has 31 heavy (non-hydrogen) atoms. The second-order valence-corrected chi connectivity index (χ2v) is 9.25. The van der Waals surface area contributed by atoms with Crippen LogP contribution >= 0.6 is 0 Å². The zero-order valence-electron chi connectivity index (χ0n) is 17.4. The molecule has 0 spiro atoms. The van der Waals surface area contributed by atoms with Crippen LogP contribution in [0.3, 0.4) is 0 Å². The normalized spacial score (nSPS) is 11.4. The van der Waals surface area contributed by atoms with Crippen LogP contribution in [0.1, 0.15) is 21.5 Å². The molecule has 0 aromatic heterocycles. The number of hydrogen-bond donors (Lipinski definition) is 1. The first-order chi connectivity index (χ1) is 14.7. The summed E-state index contributed by atoms with van der Waals surface area (Å²) in [5.74, 6) is -0.415. The summed E-state index contributed by atoms with van der Waals surface area (Å²) in [7, 11) is -0.744. The standard InChI is InChI=1S/C23H23FN2O4S/c1-16-8-13-19(14-22(16)31(28,29)26(2)3)25-23(27)20-6-4-5-7-21(20)30-15-17-9-11-18(24)12-10-17/h4-14H,15H2,1-3H3,(H,25,27). The van der Waals surface area contributed by atoms with E-state index in [0.717, 1.165) is 9.87 Å². The Balaban J connectivity index is 1.81. The molecule has 0 atom stereocenters. The molecule has 3 aromatic carbocycles. The second-order valence-electron chi connectivity index (χ2n) is 7.13. The van der Waals surface area contributed by atoms with E-state index in [0.29, 0.717) is 22.6 Å². The Hall–Kier alpha value is -3.23. The Labute approximate surface area is 181 Å². The summed E-state index contributed by atoms with van der Waals surface area (Å²) < 4.78 is 45.0. The van der Waals surface area contributed by atoms with E-state index >= 15 is 0 Å². The van der Waals surface area contributed by atoms with Crippen LogP contribution < -0.4 is 10.1 Å². The first-order valence-electron chi connectivity index (χ1n) is 9.49. The lowest BCUT2D eigenvalue weighted by Crippen LogP contribution is -2.23. The number of halogens is 1. The minimum absolute atomic E-state index is 0.121. The number of hydrogen-bond acceptors (Lipinski definition) is 4. The van der Waals surface area contributed by atoms with Crippen molar-refractivity contribution in [2.24, 2.45) is 0 Å². The number of carbonyl (C=O) groups excluding carboxylic acids is 1. The topological polar surface area (TPSA) is 75.7 Å². The maximum absolute atomic E-state index is 13.1. The van der Waals surface area contributed by atoms with Crippen molar-refractivity contribution in [2.75, 3.05) is 19.4 Å². The van der Waals surface area contributed by atoms with Crippen LogP contribution in [-0.4, -0.2) is 32.7 Å². The highest BCUT2D eigenvalue weighted by atomic mass is 32.2. The van der Waals surface area contributed by atoms with Crippen LogP contribution in [0.15, 0.2) is 71.6 Å². The van der Waals surface area contributed by atoms with E-state index in [2.05, 4.69) is 5.32 Å². The molecule has 0 saturated heterocycles. The van der Waals surface area contributed by atoms with Gasteiger partial charge in [0.1, 0.15) is 18.2 Å². The van der Waals surface area contributed by atoms with Gasteiger partial charge in [0.25, 0.3) is 5.91 Å². The van der Waals surface area contributed by atoms with Crippen molar-refractivity contribution in [1.29, 1.82) is 0 Å². The van der Waals surface area contributed by atoms with Crippen molar-refractivity contribution < 1.29 is 22.3 Å². The largest absolute Gasteiger partial charge is 0.488 e. The third kappa shape index (κ3) is 5.28. The van der Waals surface area contributed by atoms with Crippen LogP contribution in [0.4, 0.5) is 10.1 Å². The SMILES string of the molecule is Cc1ccc(NC(=O)c2ccccc2OCc2ccc(F)cc2)cc1S(=O)(=O)N(C)C. The van der Waals surface area contributed by atoms with Crippen molar-refractivity contribution in [3.05, 3.63) is 89.2 Å². The van der Waals surface area contributed by atoms with Crippen LogP contribution in [-0.2, 0) is 16.6 Å². The second kappa shape index (κ2) is 9.28. The van der Waals surface area contributed by atoms with Crippen molar-refractivity contribution in [2.45, 2.75) is 18.4 Å². The fraction of sp³-hybridized carbons (Fsp3) is 0.174. The number of amides is 1. The average Bonchev–Trinajstić information content (AvgIpc) is 2.74. The molecule has 6 nitrogen and oxygen atoms in total. The first kappa shape index (κ1) is 22.5. The van der Waals surface area contributed by atoms with Crippen LogP contribution in [0.5, 0.6) is 5.75 Å². The number of anilines is 1. The molecule has 1 N–H and O–H groups in total. The Morgan fingerprint density at radius 2 is 1.71 bits per heavy atom. The number of sulfonamides is 1.